The zero-order chi connectivity index (χ0) is 20.1. The average Bonchev–Trinajstić information content (AvgIpc) is 3.51. The summed E-state index contributed by atoms with van der Waals surface area (Å²) in [6.07, 6.45) is 14.2. The molecule has 0 spiro atoms. The third-order valence-corrected chi connectivity index (χ3v) is 5.04. The third-order valence-electron chi connectivity index (χ3n) is 5.04. The number of fused-ring (bicyclic) bond motifs is 2. The van der Waals surface area contributed by atoms with Gasteiger partial charge in [-0.1, -0.05) is 0 Å². The van der Waals surface area contributed by atoms with E-state index in [1.54, 1.807) is 31.1 Å². The number of aromatic amines is 2. The molecule has 9 nitrogen and oxygen atoms in total. The Balaban J connectivity index is 1.52. The lowest BCUT2D eigenvalue weighted by Crippen LogP contribution is -1.91. The molecule has 0 unspecified atom stereocenters. The molecule has 9 heteroatoms. The van der Waals surface area contributed by atoms with Gasteiger partial charge in [0.2, 0.25) is 0 Å². The number of nitrogens with one attached hydrogen (secondary N) is 2. The molecule has 0 aliphatic carbocycles. The summed E-state index contributed by atoms with van der Waals surface area (Å²) in [4.78, 5) is 25.1. The first-order chi connectivity index (χ1) is 14.8. The Bertz CT molecular complexity index is 1510. The van der Waals surface area contributed by atoms with Gasteiger partial charge in [-0.15, -0.1) is 0 Å². The summed E-state index contributed by atoms with van der Waals surface area (Å²) in [6, 6.07) is 4.06. The first-order valence-electron chi connectivity index (χ1n) is 9.35. The van der Waals surface area contributed by atoms with Crippen molar-refractivity contribution >= 4 is 21.8 Å². The Labute approximate surface area is 169 Å². The first kappa shape index (κ1) is 16.5. The van der Waals surface area contributed by atoms with Crippen LogP contribution >= 0.6 is 0 Å². The summed E-state index contributed by atoms with van der Waals surface area (Å²) in [7, 11) is 0. The van der Waals surface area contributed by atoms with Crippen LogP contribution in [0.15, 0.2) is 61.8 Å². The van der Waals surface area contributed by atoms with E-state index in [0.717, 1.165) is 50.3 Å². The Kier molecular flexibility index (Phi) is 3.48. The van der Waals surface area contributed by atoms with Crippen molar-refractivity contribution in [1.29, 1.82) is 0 Å². The Morgan fingerprint density at radius 2 is 1.80 bits per heavy atom. The number of H-pyrrole nitrogens is 2. The van der Waals surface area contributed by atoms with Crippen LogP contribution in [0.4, 0.5) is 0 Å². The molecule has 6 rings (SSSR count). The van der Waals surface area contributed by atoms with Crippen LogP contribution in [-0.4, -0.2) is 44.7 Å². The van der Waals surface area contributed by atoms with E-state index < -0.39 is 0 Å². The molecule has 0 atom stereocenters. The summed E-state index contributed by atoms with van der Waals surface area (Å²) in [5.74, 6) is 0. The second-order valence-electron chi connectivity index (χ2n) is 7.00. The SMILES string of the molecule is Cc1cn(-c2cncc3[nH]c(-c4n[nH]c5cnc(-c6cnccn6)cc45)cc23)cn1. The number of hydrogen-bond donors (Lipinski definition) is 2. The van der Waals surface area contributed by atoms with Gasteiger partial charge in [0.05, 0.1) is 64.9 Å². The first-order valence-corrected chi connectivity index (χ1v) is 9.35. The molecular weight excluding hydrogens is 378 g/mol. The van der Waals surface area contributed by atoms with Gasteiger partial charge >= 0.3 is 0 Å². The molecule has 0 bridgehead atoms. The lowest BCUT2D eigenvalue weighted by atomic mass is 10.1. The molecule has 6 aromatic heterocycles. The van der Waals surface area contributed by atoms with Crippen molar-refractivity contribution in [2.24, 2.45) is 0 Å². The second-order valence-corrected chi connectivity index (χ2v) is 7.00. The summed E-state index contributed by atoms with van der Waals surface area (Å²) < 4.78 is 1.97. The highest BCUT2D eigenvalue weighted by Gasteiger charge is 2.15. The van der Waals surface area contributed by atoms with E-state index >= 15 is 0 Å². The van der Waals surface area contributed by atoms with Crippen LogP contribution in [0.25, 0.3) is 50.3 Å². The van der Waals surface area contributed by atoms with Crippen molar-refractivity contribution in [2.75, 3.05) is 0 Å². The molecule has 0 saturated heterocycles. The average molecular weight is 393 g/mol. The van der Waals surface area contributed by atoms with Crippen molar-refractivity contribution in [3.63, 3.8) is 0 Å². The maximum atomic E-state index is 4.53. The topological polar surface area (TPSA) is 114 Å². The van der Waals surface area contributed by atoms with E-state index in [4.69, 9.17) is 0 Å². The fraction of sp³-hybridized carbons (Fsp3) is 0.0476. The number of rotatable bonds is 3. The van der Waals surface area contributed by atoms with Gasteiger partial charge in [0.15, 0.2) is 0 Å². The van der Waals surface area contributed by atoms with Gasteiger partial charge in [0.1, 0.15) is 11.4 Å². The van der Waals surface area contributed by atoms with Gasteiger partial charge in [-0.25, -0.2) is 4.98 Å². The zero-order valence-corrected chi connectivity index (χ0v) is 15.9. The van der Waals surface area contributed by atoms with Crippen molar-refractivity contribution in [3.05, 3.63) is 67.5 Å². The van der Waals surface area contributed by atoms with Gasteiger partial charge in [0, 0.05) is 29.4 Å². The number of aryl methyl sites for hydroxylation is 1. The van der Waals surface area contributed by atoms with E-state index in [1.807, 2.05) is 36.1 Å². The predicted molar refractivity (Wildman–Crippen MR) is 112 cm³/mol. The minimum Gasteiger partial charge on any atom is -0.352 e. The molecule has 2 N–H and O–H groups in total. The summed E-state index contributed by atoms with van der Waals surface area (Å²) in [5, 5.41) is 9.58. The molecule has 0 aliphatic heterocycles. The van der Waals surface area contributed by atoms with Gasteiger partial charge < -0.3 is 9.55 Å². The van der Waals surface area contributed by atoms with E-state index in [0.29, 0.717) is 5.69 Å². The van der Waals surface area contributed by atoms with Gasteiger partial charge in [-0.3, -0.25) is 25.0 Å². The molecule has 0 fully saturated rings. The summed E-state index contributed by atoms with van der Waals surface area (Å²) >= 11 is 0. The monoisotopic (exact) mass is 393 g/mol. The molecule has 0 saturated carbocycles. The highest BCUT2D eigenvalue weighted by Crippen LogP contribution is 2.32. The quantitative estimate of drug-likeness (QED) is 0.476. The molecule has 144 valence electrons. The third kappa shape index (κ3) is 2.56. The predicted octanol–water partition coefficient (Wildman–Crippen LogP) is 3.45. The van der Waals surface area contributed by atoms with Gasteiger partial charge in [0.25, 0.3) is 0 Å². The van der Waals surface area contributed by atoms with Crippen molar-refractivity contribution in [1.82, 2.24) is 44.7 Å². The second kappa shape index (κ2) is 6.31. The highest BCUT2D eigenvalue weighted by molar-refractivity contribution is 5.98. The molecule has 6 heterocycles. The highest BCUT2D eigenvalue weighted by atomic mass is 15.1. The van der Waals surface area contributed by atoms with E-state index in [9.17, 15) is 0 Å². The Morgan fingerprint density at radius 1 is 0.833 bits per heavy atom. The smallest absolute Gasteiger partial charge is 0.116 e. The van der Waals surface area contributed by atoms with Crippen LogP contribution in [-0.2, 0) is 0 Å². The van der Waals surface area contributed by atoms with E-state index in [1.165, 1.54) is 0 Å². The Hall–Kier alpha value is -4.40. The van der Waals surface area contributed by atoms with Crippen molar-refractivity contribution in [3.8, 4) is 28.5 Å². The van der Waals surface area contributed by atoms with Crippen molar-refractivity contribution < 1.29 is 0 Å². The number of aromatic nitrogens is 9. The largest absolute Gasteiger partial charge is 0.352 e. The molecule has 6 aromatic rings. The van der Waals surface area contributed by atoms with E-state index in [2.05, 4.69) is 46.2 Å². The van der Waals surface area contributed by atoms with Crippen LogP contribution in [0.1, 0.15) is 5.69 Å². The summed E-state index contributed by atoms with van der Waals surface area (Å²) in [5.41, 5.74) is 6.83. The number of nitrogens with zero attached hydrogens (tertiary/aromatic N) is 7. The molecule has 0 aromatic carbocycles. The minimum absolute atomic E-state index is 0.713. The summed E-state index contributed by atoms with van der Waals surface area (Å²) in [6.45, 7) is 1.96. The van der Waals surface area contributed by atoms with Crippen LogP contribution < -0.4 is 0 Å². The standard InChI is InChI=1S/C21H15N9/c1-12-10-30(11-26-12)20-9-23-6-17-13(20)4-16(27-17)21-14-5-15(19-7-22-2-3-24-19)25-8-18(14)28-29-21/h2-11,27H,1H3,(H,28,29). The number of imidazole rings is 1. The number of pyridine rings is 2. The van der Waals surface area contributed by atoms with Crippen LogP contribution in [0.3, 0.4) is 0 Å². The zero-order valence-electron chi connectivity index (χ0n) is 15.9. The van der Waals surface area contributed by atoms with Crippen LogP contribution in [0.2, 0.25) is 0 Å². The molecule has 0 radical (unpaired) electrons. The molecule has 30 heavy (non-hydrogen) atoms. The van der Waals surface area contributed by atoms with Gasteiger partial charge in [-0.2, -0.15) is 5.10 Å². The maximum absolute atomic E-state index is 4.53. The number of hydrogen-bond acceptors (Lipinski definition) is 6. The normalized spacial score (nSPS) is 11.5. The lowest BCUT2D eigenvalue weighted by Gasteiger charge is -2.02. The fourth-order valence-electron chi connectivity index (χ4n) is 3.62. The maximum Gasteiger partial charge on any atom is 0.116 e. The van der Waals surface area contributed by atoms with E-state index in [-0.39, 0.29) is 0 Å². The Morgan fingerprint density at radius 3 is 2.63 bits per heavy atom. The van der Waals surface area contributed by atoms with Crippen molar-refractivity contribution in [2.45, 2.75) is 6.92 Å². The van der Waals surface area contributed by atoms with Crippen LogP contribution in [0, 0.1) is 6.92 Å². The van der Waals surface area contributed by atoms with Crippen LogP contribution in [0.5, 0.6) is 0 Å². The minimum atomic E-state index is 0.713. The lowest BCUT2D eigenvalue weighted by molar-refractivity contribution is 1.05. The van der Waals surface area contributed by atoms with Gasteiger partial charge in [-0.05, 0) is 19.1 Å². The molecule has 0 aliphatic rings. The molecule has 0 amide bonds. The molecular formula is C21H15N9. The fourth-order valence-corrected chi connectivity index (χ4v) is 3.62.